The molecule has 0 bridgehead atoms. The number of imide groups is 1. The van der Waals surface area contributed by atoms with Crippen LogP contribution in [0.15, 0.2) is 17.5 Å². The predicted molar refractivity (Wildman–Crippen MR) is 69.3 cm³/mol. The Morgan fingerprint density at radius 1 is 1.39 bits per heavy atom. The highest BCUT2D eigenvalue weighted by atomic mass is 32.1. The summed E-state index contributed by atoms with van der Waals surface area (Å²) in [5, 5.41) is 4.79. The summed E-state index contributed by atoms with van der Waals surface area (Å²) in [5.74, 6) is -0.0955. The van der Waals surface area contributed by atoms with Gasteiger partial charge in [-0.2, -0.15) is 0 Å². The van der Waals surface area contributed by atoms with Crippen LogP contribution in [0.3, 0.4) is 0 Å². The molecule has 18 heavy (non-hydrogen) atoms. The molecule has 3 rings (SSSR count). The van der Waals surface area contributed by atoms with Crippen LogP contribution in [-0.4, -0.2) is 22.9 Å². The van der Waals surface area contributed by atoms with Gasteiger partial charge in [-0.1, -0.05) is 18.9 Å². The first-order valence-corrected chi connectivity index (χ1v) is 7.20. The highest BCUT2D eigenvalue weighted by molar-refractivity contribution is 7.10. The molecule has 0 radical (unpaired) electrons. The van der Waals surface area contributed by atoms with Crippen LogP contribution in [0, 0.1) is 0 Å². The van der Waals surface area contributed by atoms with E-state index < -0.39 is 5.54 Å². The van der Waals surface area contributed by atoms with Crippen molar-refractivity contribution in [3.63, 3.8) is 0 Å². The minimum absolute atomic E-state index is 0.0955. The van der Waals surface area contributed by atoms with E-state index in [4.69, 9.17) is 0 Å². The zero-order chi connectivity index (χ0) is 12.8. The third-order valence-electron chi connectivity index (χ3n) is 3.93. The monoisotopic (exact) mass is 264 g/mol. The van der Waals surface area contributed by atoms with Crippen molar-refractivity contribution in [1.29, 1.82) is 0 Å². The SMILES string of the molecule is CC1(c2cccs2)NC(=O)N(C2CCCC2)C1=O. The number of hydrogen-bond donors (Lipinski definition) is 1. The minimum atomic E-state index is -0.867. The van der Waals surface area contributed by atoms with E-state index in [1.807, 2.05) is 17.5 Å². The Labute approximate surface area is 110 Å². The van der Waals surface area contributed by atoms with Crippen molar-refractivity contribution in [2.45, 2.75) is 44.2 Å². The molecule has 4 nitrogen and oxygen atoms in total. The van der Waals surface area contributed by atoms with Crippen LogP contribution in [0.2, 0.25) is 0 Å². The Balaban J connectivity index is 1.92. The Bertz CT molecular complexity index is 479. The van der Waals surface area contributed by atoms with Crippen molar-refractivity contribution in [2.24, 2.45) is 0 Å². The highest BCUT2D eigenvalue weighted by Gasteiger charge is 2.52. The Morgan fingerprint density at radius 3 is 2.72 bits per heavy atom. The minimum Gasteiger partial charge on any atom is -0.319 e. The van der Waals surface area contributed by atoms with E-state index in [2.05, 4.69) is 5.32 Å². The summed E-state index contributed by atoms with van der Waals surface area (Å²) in [7, 11) is 0. The van der Waals surface area contributed by atoms with Crippen molar-refractivity contribution >= 4 is 23.3 Å². The molecule has 2 fully saturated rings. The van der Waals surface area contributed by atoms with Crippen molar-refractivity contribution in [3.05, 3.63) is 22.4 Å². The molecule has 1 aliphatic heterocycles. The van der Waals surface area contributed by atoms with Crippen molar-refractivity contribution in [2.75, 3.05) is 0 Å². The maximum atomic E-state index is 12.6. The van der Waals surface area contributed by atoms with Crippen LogP contribution in [0.5, 0.6) is 0 Å². The molecule has 0 spiro atoms. The van der Waals surface area contributed by atoms with Gasteiger partial charge in [-0.15, -0.1) is 11.3 Å². The summed E-state index contributed by atoms with van der Waals surface area (Å²) in [6.45, 7) is 1.80. The lowest BCUT2D eigenvalue weighted by molar-refractivity contribution is -0.132. The zero-order valence-electron chi connectivity index (χ0n) is 10.3. The Hall–Kier alpha value is -1.36. The second-order valence-corrected chi connectivity index (χ2v) is 6.09. The van der Waals surface area contributed by atoms with Crippen LogP contribution in [0.4, 0.5) is 4.79 Å². The summed E-state index contributed by atoms with van der Waals surface area (Å²) in [6, 6.07) is 3.67. The molecule has 5 heteroatoms. The van der Waals surface area contributed by atoms with Crippen molar-refractivity contribution < 1.29 is 9.59 Å². The van der Waals surface area contributed by atoms with Crippen LogP contribution in [-0.2, 0) is 10.3 Å². The van der Waals surface area contributed by atoms with Crippen LogP contribution in [0.1, 0.15) is 37.5 Å². The smallest absolute Gasteiger partial charge is 0.319 e. The van der Waals surface area contributed by atoms with Gasteiger partial charge in [-0.3, -0.25) is 9.69 Å². The molecular formula is C13H16N2O2S. The molecule has 1 aliphatic carbocycles. The zero-order valence-corrected chi connectivity index (χ0v) is 11.1. The molecule has 1 unspecified atom stereocenters. The number of rotatable bonds is 2. The molecule has 1 atom stereocenters. The molecule has 2 aliphatic rings. The molecule has 2 heterocycles. The van der Waals surface area contributed by atoms with Gasteiger partial charge < -0.3 is 5.32 Å². The first-order chi connectivity index (χ1) is 8.63. The Kier molecular flexibility index (Phi) is 2.66. The van der Waals surface area contributed by atoms with Gasteiger partial charge in [-0.05, 0) is 31.2 Å². The van der Waals surface area contributed by atoms with E-state index in [9.17, 15) is 9.59 Å². The molecule has 0 aromatic carbocycles. The van der Waals surface area contributed by atoms with E-state index in [0.717, 1.165) is 30.6 Å². The van der Waals surface area contributed by atoms with Gasteiger partial charge in [0.1, 0.15) is 0 Å². The third kappa shape index (κ3) is 1.57. The molecule has 3 amide bonds. The largest absolute Gasteiger partial charge is 0.325 e. The number of hydrogen-bond acceptors (Lipinski definition) is 3. The van der Waals surface area contributed by atoms with Crippen LogP contribution in [0.25, 0.3) is 0 Å². The van der Waals surface area contributed by atoms with Crippen LogP contribution < -0.4 is 5.32 Å². The molecule has 1 N–H and O–H groups in total. The number of thiophene rings is 1. The summed E-state index contributed by atoms with van der Waals surface area (Å²) in [5.41, 5.74) is -0.867. The average Bonchev–Trinajstić information content (AvgIpc) is 3.03. The van der Waals surface area contributed by atoms with E-state index >= 15 is 0 Å². The van der Waals surface area contributed by atoms with Crippen LogP contribution >= 0.6 is 11.3 Å². The van der Waals surface area contributed by atoms with Crippen molar-refractivity contribution in [3.8, 4) is 0 Å². The second-order valence-electron chi connectivity index (χ2n) is 5.15. The molecule has 1 aromatic heterocycles. The quantitative estimate of drug-likeness (QED) is 0.834. The van der Waals surface area contributed by atoms with Gasteiger partial charge in [0.05, 0.1) is 0 Å². The lowest BCUT2D eigenvalue weighted by Crippen LogP contribution is -2.42. The van der Waals surface area contributed by atoms with Crippen molar-refractivity contribution in [1.82, 2.24) is 10.2 Å². The number of nitrogens with one attached hydrogen (secondary N) is 1. The highest BCUT2D eigenvalue weighted by Crippen LogP contribution is 2.35. The molecule has 1 aromatic rings. The molecular weight excluding hydrogens is 248 g/mol. The molecule has 1 saturated carbocycles. The summed E-state index contributed by atoms with van der Waals surface area (Å²) in [6.07, 6.45) is 4.11. The summed E-state index contributed by atoms with van der Waals surface area (Å²) in [4.78, 5) is 27.0. The molecule has 1 saturated heterocycles. The normalized spacial score (nSPS) is 29.1. The van der Waals surface area contributed by atoms with Gasteiger partial charge in [0.25, 0.3) is 5.91 Å². The van der Waals surface area contributed by atoms with Gasteiger partial charge in [0.15, 0.2) is 5.54 Å². The lowest BCUT2D eigenvalue weighted by Gasteiger charge is -2.23. The number of carbonyl (C=O) groups excluding carboxylic acids is 2. The van der Waals surface area contributed by atoms with Gasteiger partial charge in [0.2, 0.25) is 0 Å². The standard InChI is InChI=1S/C13H16N2O2S/c1-13(10-7-4-8-18-10)11(16)15(12(17)14-13)9-5-2-3-6-9/h4,7-9H,2-3,5-6H2,1H3,(H,14,17). The van der Waals surface area contributed by atoms with E-state index in [1.165, 1.54) is 16.2 Å². The maximum absolute atomic E-state index is 12.6. The first-order valence-electron chi connectivity index (χ1n) is 6.33. The third-order valence-corrected chi connectivity index (χ3v) is 5.02. The van der Waals surface area contributed by atoms with E-state index in [0.29, 0.717) is 0 Å². The van der Waals surface area contributed by atoms with E-state index in [1.54, 1.807) is 6.92 Å². The lowest BCUT2D eigenvalue weighted by atomic mass is 10.00. The summed E-state index contributed by atoms with van der Waals surface area (Å²) < 4.78 is 0. The summed E-state index contributed by atoms with van der Waals surface area (Å²) >= 11 is 1.51. The molecule has 96 valence electrons. The number of urea groups is 1. The fourth-order valence-corrected chi connectivity index (χ4v) is 3.72. The fourth-order valence-electron chi connectivity index (χ4n) is 2.88. The topological polar surface area (TPSA) is 49.4 Å². The van der Waals surface area contributed by atoms with Gasteiger partial charge >= 0.3 is 6.03 Å². The fraction of sp³-hybridized carbons (Fsp3) is 0.538. The average molecular weight is 264 g/mol. The number of nitrogens with zero attached hydrogens (tertiary/aromatic N) is 1. The second kappa shape index (κ2) is 4.09. The Morgan fingerprint density at radius 2 is 2.11 bits per heavy atom. The maximum Gasteiger partial charge on any atom is 0.325 e. The number of amides is 3. The predicted octanol–water partition coefficient (Wildman–Crippen LogP) is 2.46. The number of carbonyl (C=O) groups is 2. The van der Waals surface area contributed by atoms with Gasteiger partial charge in [0, 0.05) is 10.9 Å². The first kappa shape index (κ1) is 11.7. The van der Waals surface area contributed by atoms with Gasteiger partial charge in [-0.25, -0.2) is 4.79 Å². The van der Waals surface area contributed by atoms with E-state index in [-0.39, 0.29) is 18.0 Å².